The fraction of sp³-hybridized carbons (Fsp3) is 0.148. The zero-order valence-corrected chi connectivity index (χ0v) is 34.0. The number of fused-ring (bicyclic) bond motifs is 2. The predicted octanol–water partition coefficient (Wildman–Crippen LogP) is 15.2. The highest BCUT2D eigenvalue weighted by atomic mass is 15.2. The summed E-state index contributed by atoms with van der Waals surface area (Å²) in [6.45, 7) is 13.6. The molecule has 10 aromatic rings. The molecule has 0 fully saturated rings. The number of para-hydroxylation sites is 2. The highest BCUT2D eigenvalue weighted by Gasteiger charge is 2.25. The highest BCUT2D eigenvalue weighted by molar-refractivity contribution is 6.28. The van der Waals surface area contributed by atoms with Gasteiger partial charge in [0.15, 0.2) is 0 Å². The minimum absolute atomic E-state index is 0.0413. The van der Waals surface area contributed by atoms with E-state index in [0.717, 1.165) is 55.9 Å². The summed E-state index contributed by atoms with van der Waals surface area (Å²) in [5.74, 6) is 0. The normalized spacial score (nSPS) is 12.3. The first kappa shape index (κ1) is 35.6. The van der Waals surface area contributed by atoms with Gasteiger partial charge in [-0.05, 0) is 104 Å². The first-order chi connectivity index (χ1) is 28.0. The van der Waals surface area contributed by atoms with Crippen molar-refractivity contribution in [3.05, 3.63) is 181 Å². The second-order valence-electron chi connectivity index (χ2n) is 17.6. The third kappa shape index (κ3) is 5.90. The van der Waals surface area contributed by atoms with Gasteiger partial charge in [0, 0.05) is 45.3 Å². The molecule has 0 aliphatic rings. The van der Waals surface area contributed by atoms with Crippen LogP contribution in [0.15, 0.2) is 170 Å². The summed E-state index contributed by atoms with van der Waals surface area (Å²) in [6.07, 6.45) is 3.79. The number of anilines is 6. The Balaban J connectivity index is 1.24. The monoisotopic (exact) mass is 750 g/mol. The summed E-state index contributed by atoms with van der Waals surface area (Å²) >= 11 is 0. The SMILES string of the molecule is CC(C)(C)c1ccc(N(c2ccc3ccc4c(N(c5ccc(C(C)(C)C)cc5)c5cccc6cccnc56)ccc5ccc2c3c54)c2cccc3cccnc23)cc1. The Labute approximate surface area is 340 Å². The molecule has 4 heteroatoms. The van der Waals surface area contributed by atoms with Crippen LogP contribution >= 0.6 is 0 Å². The molecule has 282 valence electrons. The summed E-state index contributed by atoms with van der Waals surface area (Å²) in [5, 5.41) is 9.51. The van der Waals surface area contributed by atoms with Gasteiger partial charge in [0.25, 0.3) is 0 Å². The lowest BCUT2D eigenvalue weighted by atomic mass is 9.87. The van der Waals surface area contributed by atoms with Crippen LogP contribution < -0.4 is 9.80 Å². The van der Waals surface area contributed by atoms with E-state index in [1.807, 2.05) is 24.5 Å². The molecule has 0 radical (unpaired) electrons. The average Bonchev–Trinajstić information content (AvgIpc) is 3.23. The lowest BCUT2D eigenvalue weighted by molar-refractivity contribution is 0.590. The van der Waals surface area contributed by atoms with Gasteiger partial charge in [0.05, 0.1) is 33.8 Å². The van der Waals surface area contributed by atoms with E-state index in [1.165, 1.54) is 43.4 Å². The molecule has 8 aromatic carbocycles. The Bertz CT molecular complexity index is 2910. The number of hydrogen-bond donors (Lipinski definition) is 0. The lowest BCUT2D eigenvalue weighted by Crippen LogP contribution is -2.14. The maximum absolute atomic E-state index is 4.95. The molecule has 0 saturated heterocycles. The molecule has 0 spiro atoms. The molecule has 10 rings (SSSR count). The standard InChI is InChI=1S/C54H46N4/c1-53(2,3)39-21-25-41(26-22-39)57(47-15-7-11-37-13-9-33-55-51(37)47)45-31-19-35-18-30-44-46(32-20-36-17-29-43(45)49(35)50(36)44)58(42-27-23-40(24-28-42)54(4,5)6)48-16-8-12-38-14-10-34-56-52(38)48/h7-34H,1-6H3. The Hall–Kier alpha value is -6.78. The fourth-order valence-electron chi connectivity index (χ4n) is 8.73. The van der Waals surface area contributed by atoms with Gasteiger partial charge in [-0.3, -0.25) is 9.97 Å². The van der Waals surface area contributed by atoms with Crippen LogP contribution in [0, 0.1) is 0 Å². The largest absolute Gasteiger partial charge is 0.308 e. The van der Waals surface area contributed by atoms with Crippen LogP contribution in [-0.2, 0) is 10.8 Å². The van der Waals surface area contributed by atoms with Crippen LogP contribution in [0.25, 0.3) is 54.1 Å². The van der Waals surface area contributed by atoms with Crippen molar-refractivity contribution in [2.24, 2.45) is 0 Å². The molecule has 2 heterocycles. The van der Waals surface area contributed by atoms with Crippen LogP contribution in [0.5, 0.6) is 0 Å². The zero-order chi connectivity index (χ0) is 39.8. The van der Waals surface area contributed by atoms with E-state index in [2.05, 4.69) is 197 Å². The summed E-state index contributed by atoms with van der Waals surface area (Å²) in [5.41, 5.74) is 11.1. The van der Waals surface area contributed by atoms with E-state index >= 15 is 0 Å². The minimum atomic E-state index is 0.0413. The topological polar surface area (TPSA) is 32.3 Å². The molecule has 0 atom stereocenters. The summed E-state index contributed by atoms with van der Waals surface area (Å²) in [7, 11) is 0. The molecule has 2 aromatic heterocycles. The van der Waals surface area contributed by atoms with Crippen molar-refractivity contribution in [3.8, 4) is 0 Å². The van der Waals surface area contributed by atoms with E-state index in [1.54, 1.807) is 0 Å². The van der Waals surface area contributed by atoms with E-state index in [-0.39, 0.29) is 10.8 Å². The van der Waals surface area contributed by atoms with Gasteiger partial charge in [-0.25, -0.2) is 0 Å². The summed E-state index contributed by atoms with van der Waals surface area (Å²) in [6, 6.07) is 57.8. The maximum Gasteiger partial charge on any atom is 0.0942 e. The molecule has 0 unspecified atom stereocenters. The Kier molecular flexibility index (Phi) is 8.24. The molecule has 58 heavy (non-hydrogen) atoms. The molecule has 0 amide bonds. The molecule has 0 bridgehead atoms. The summed E-state index contributed by atoms with van der Waals surface area (Å²) < 4.78 is 0. The number of aromatic nitrogens is 2. The first-order valence-corrected chi connectivity index (χ1v) is 20.2. The van der Waals surface area contributed by atoms with Crippen molar-refractivity contribution in [2.75, 3.05) is 9.80 Å². The second-order valence-corrected chi connectivity index (χ2v) is 17.6. The van der Waals surface area contributed by atoms with Crippen LogP contribution in [0.1, 0.15) is 52.7 Å². The third-order valence-electron chi connectivity index (χ3n) is 11.8. The van der Waals surface area contributed by atoms with Crippen molar-refractivity contribution in [3.63, 3.8) is 0 Å². The zero-order valence-electron chi connectivity index (χ0n) is 34.0. The van der Waals surface area contributed by atoms with Crippen LogP contribution in [-0.4, -0.2) is 9.97 Å². The van der Waals surface area contributed by atoms with Gasteiger partial charge < -0.3 is 9.80 Å². The van der Waals surface area contributed by atoms with E-state index < -0.39 is 0 Å². The number of hydrogen-bond acceptors (Lipinski definition) is 4. The van der Waals surface area contributed by atoms with E-state index in [9.17, 15) is 0 Å². The van der Waals surface area contributed by atoms with Gasteiger partial charge >= 0.3 is 0 Å². The van der Waals surface area contributed by atoms with Crippen molar-refractivity contribution < 1.29 is 0 Å². The highest BCUT2D eigenvalue weighted by Crippen LogP contribution is 2.49. The van der Waals surface area contributed by atoms with Gasteiger partial charge in [-0.2, -0.15) is 0 Å². The minimum Gasteiger partial charge on any atom is -0.308 e. The van der Waals surface area contributed by atoms with Crippen molar-refractivity contribution >= 4 is 88.2 Å². The van der Waals surface area contributed by atoms with Crippen molar-refractivity contribution in [2.45, 2.75) is 52.4 Å². The second kappa shape index (κ2) is 13.4. The Morgan fingerprint density at radius 2 is 0.724 bits per heavy atom. The Morgan fingerprint density at radius 3 is 1.12 bits per heavy atom. The number of rotatable bonds is 6. The fourth-order valence-corrected chi connectivity index (χ4v) is 8.73. The molecule has 0 saturated carbocycles. The smallest absolute Gasteiger partial charge is 0.0942 e. The number of nitrogens with zero attached hydrogens (tertiary/aromatic N) is 4. The molecular weight excluding hydrogens is 705 g/mol. The molecule has 0 N–H and O–H groups in total. The molecule has 0 aliphatic heterocycles. The van der Waals surface area contributed by atoms with Crippen LogP contribution in [0.2, 0.25) is 0 Å². The van der Waals surface area contributed by atoms with Gasteiger partial charge in [-0.1, -0.05) is 139 Å². The molecular formula is C54H46N4. The predicted molar refractivity (Wildman–Crippen MR) is 248 cm³/mol. The summed E-state index contributed by atoms with van der Waals surface area (Å²) in [4.78, 5) is 14.7. The molecule has 0 aliphatic carbocycles. The lowest BCUT2D eigenvalue weighted by Gasteiger charge is -2.30. The maximum atomic E-state index is 4.95. The first-order valence-electron chi connectivity index (χ1n) is 20.2. The molecule has 4 nitrogen and oxygen atoms in total. The number of benzene rings is 8. The quantitative estimate of drug-likeness (QED) is 0.158. The van der Waals surface area contributed by atoms with Crippen molar-refractivity contribution in [1.82, 2.24) is 9.97 Å². The average molecular weight is 751 g/mol. The van der Waals surface area contributed by atoms with Crippen molar-refractivity contribution in [1.29, 1.82) is 0 Å². The van der Waals surface area contributed by atoms with Gasteiger partial charge in [-0.15, -0.1) is 0 Å². The van der Waals surface area contributed by atoms with E-state index in [4.69, 9.17) is 9.97 Å². The van der Waals surface area contributed by atoms with Gasteiger partial charge in [0.1, 0.15) is 0 Å². The Morgan fingerprint density at radius 1 is 0.345 bits per heavy atom. The van der Waals surface area contributed by atoms with Crippen LogP contribution in [0.4, 0.5) is 34.1 Å². The number of pyridine rings is 2. The van der Waals surface area contributed by atoms with Gasteiger partial charge in [0.2, 0.25) is 0 Å². The van der Waals surface area contributed by atoms with Crippen LogP contribution in [0.3, 0.4) is 0 Å². The third-order valence-corrected chi connectivity index (χ3v) is 11.8. The van der Waals surface area contributed by atoms with E-state index in [0.29, 0.717) is 0 Å².